The summed E-state index contributed by atoms with van der Waals surface area (Å²) in [5.41, 5.74) is 1.27. The molecule has 1 unspecified atom stereocenters. The van der Waals surface area contributed by atoms with Crippen molar-refractivity contribution in [3.05, 3.63) is 12.7 Å². The summed E-state index contributed by atoms with van der Waals surface area (Å²) in [7, 11) is 0. The van der Waals surface area contributed by atoms with E-state index in [1.165, 1.54) is 6.33 Å². The zero-order chi connectivity index (χ0) is 16.7. The van der Waals surface area contributed by atoms with Crippen LogP contribution in [-0.4, -0.2) is 72.8 Å². The number of hydrogen-bond acceptors (Lipinski definition) is 8. The molecule has 9 nitrogen and oxygen atoms in total. The summed E-state index contributed by atoms with van der Waals surface area (Å²) < 4.78 is 1.78. The van der Waals surface area contributed by atoms with Crippen LogP contribution in [0.25, 0.3) is 11.2 Å². The van der Waals surface area contributed by atoms with Crippen LogP contribution in [0, 0.1) is 5.92 Å². The van der Waals surface area contributed by atoms with E-state index in [1.54, 1.807) is 10.9 Å². The Morgan fingerprint density at radius 1 is 1.25 bits per heavy atom. The molecule has 9 heteroatoms. The van der Waals surface area contributed by atoms with Crippen LogP contribution in [0.15, 0.2) is 12.7 Å². The highest BCUT2D eigenvalue weighted by Crippen LogP contribution is 2.37. The first-order chi connectivity index (χ1) is 11.7. The number of anilines is 1. The van der Waals surface area contributed by atoms with Crippen LogP contribution in [0.1, 0.15) is 18.9 Å². The normalized spacial score (nSPS) is 33.4. The van der Waals surface area contributed by atoms with Gasteiger partial charge in [0.1, 0.15) is 17.9 Å². The van der Waals surface area contributed by atoms with Gasteiger partial charge < -0.3 is 30.5 Å². The van der Waals surface area contributed by atoms with Crippen LogP contribution in [0.3, 0.4) is 0 Å². The fraction of sp³-hybridized carbons (Fsp3) is 0.667. The molecule has 0 amide bonds. The number of imidazole rings is 1. The SMILES string of the molecule is OC[C@H]1CC(n2cnc3c(N[C@H]4CCNC4)ncnc32)[C@H](O)[C@@H]1O. The van der Waals surface area contributed by atoms with Gasteiger partial charge in [-0.15, -0.1) is 0 Å². The largest absolute Gasteiger partial charge is 0.396 e. The van der Waals surface area contributed by atoms with E-state index in [-0.39, 0.29) is 18.6 Å². The molecule has 130 valence electrons. The molecular formula is C15H22N6O3. The minimum absolute atomic E-state index is 0.155. The van der Waals surface area contributed by atoms with Crippen molar-refractivity contribution >= 4 is 17.0 Å². The molecule has 5 atom stereocenters. The van der Waals surface area contributed by atoms with Crippen molar-refractivity contribution in [2.24, 2.45) is 5.92 Å². The number of nitrogens with one attached hydrogen (secondary N) is 2. The number of aliphatic hydroxyl groups excluding tert-OH is 3. The van der Waals surface area contributed by atoms with Gasteiger partial charge in [-0.3, -0.25) is 0 Å². The Kier molecular flexibility index (Phi) is 4.09. The maximum Gasteiger partial charge on any atom is 0.165 e. The van der Waals surface area contributed by atoms with Gasteiger partial charge in [-0.25, -0.2) is 15.0 Å². The fourth-order valence-corrected chi connectivity index (χ4v) is 3.73. The molecule has 2 aromatic rings. The van der Waals surface area contributed by atoms with E-state index in [0.717, 1.165) is 19.5 Å². The second-order valence-electron chi connectivity index (χ2n) is 6.61. The monoisotopic (exact) mass is 334 g/mol. The van der Waals surface area contributed by atoms with E-state index in [1.807, 2.05) is 0 Å². The van der Waals surface area contributed by atoms with Gasteiger partial charge in [-0.2, -0.15) is 0 Å². The maximum absolute atomic E-state index is 10.3. The molecule has 0 bridgehead atoms. The molecule has 2 fully saturated rings. The van der Waals surface area contributed by atoms with E-state index in [0.29, 0.717) is 29.4 Å². The van der Waals surface area contributed by atoms with Gasteiger partial charge in [0, 0.05) is 25.1 Å². The van der Waals surface area contributed by atoms with Gasteiger partial charge in [-0.05, 0) is 19.4 Å². The summed E-state index contributed by atoms with van der Waals surface area (Å²) in [6.07, 6.45) is 2.71. The molecule has 0 aromatic carbocycles. The lowest BCUT2D eigenvalue weighted by Gasteiger charge is -2.18. The highest BCUT2D eigenvalue weighted by Gasteiger charge is 2.42. The van der Waals surface area contributed by atoms with Crippen molar-refractivity contribution in [1.29, 1.82) is 0 Å². The molecule has 0 spiro atoms. The Balaban J connectivity index is 1.65. The van der Waals surface area contributed by atoms with E-state index < -0.39 is 12.2 Å². The molecule has 1 aliphatic carbocycles. The molecule has 5 N–H and O–H groups in total. The molecule has 1 aliphatic heterocycles. The molecule has 1 saturated carbocycles. The predicted molar refractivity (Wildman–Crippen MR) is 86.5 cm³/mol. The zero-order valence-electron chi connectivity index (χ0n) is 13.2. The molecule has 2 aliphatic rings. The van der Waals surface area contributed by atoms with Gasteiger partial charge in [0.2, 0.25) is 0 Å². The van der Waals surface area contributed by atoms with E-state index in [2.05, 4.69) is 25.6 Å². The quantitative estimate of drug-likeness (QED) is 0.475. The first kappa shape index (κ1) is 15.7. The van der Waals surface area contributed by atoms with Crippen LogP contribution >= 0.6 is 0 Å². The van der Waals surface area contributed by atoms with Gasteiger partial charge in [-0.1, -0.05) is 0 Å². The maximum atomic E-state index is 10.3. The molecule has 24 heavy (non-hydrogen) atoms. The summed E-state index contributed by atoms with van der Waals surface area (Å²) in [5.74, 6) is 0.339. The lowest BCUT2D eigenvalue weighted by molar-refractivity contribution is -0.00370. The zero-order valence-corrected chi connectivity index (χ0v) is 13.2. The summed E-state index contributed by atoms with van der Waals surface area (Å²) in [5, 5.41) is 36.4. The summed E-state index contributed by atoms with van der Waals surface area (Å²) in [4.78, 5) is 13.0. The highest BCUT2D eigenvalue weighted by atomic mass is 16.3. The van der Waals surface area contributed by atoms with E-state index in [4.69, 9.17) is 0 Å². The van der Waals surface area contributed by atoms with Crippen molar-refractivity contribution in [2.75, 3.05) is 25.0 Å². The van der Waals surface area contributed by atoms with Crippen LogP contribution in [0.2, 0.25) is 0 Å². The Bertz CT molecular complexity index is 716. The van der Waals surface area contributed by atoms with E-state index in [9.17, 15) is 15.3 Å². The number of rotatable bonds is 4. The van der Waals surface area contributed by atoms with Gasteiger partial charge >= 0.3 is 0 Å². The van der Waals surface area contributed by atoms with Crippen molar-refractivity contribution in [3.63, 3.8) is 0 Å². The minimum Gasteiger partial charge on any atom is -0.396 e. The van der Waals surface area contributed by atoms with Crippen molar-refractivity contribution in [3.8, 4) is 0 Å². The Labute approximate surface area is 138 Å². The molecule has 0 radical (unpaired) electrons. The Hall–Kier alpha value is -1.81. The minimum atomic E-state index is -0.954. The average Bonchev–Trinajstić information content (AvgIpc) is 3.30. The second kappa shape index (κ2) is 6.25. The van der Waals surface area contributed by atoms with Crippen molar-refractivity contribution < 1.29 is 15.3 Å². The third-order valence-electron chi connectivity index (χ3n) is 5.12. The number of aliphatic hydroxyl groups is 3. The van der Waals surface area contributed by atoms with Gasteiger partial charge in [0.25, 0.3) is 0 Å². The first-order valence-corrected chi connectivity index (χ1v) is 8.31. The molecule has 4 rings (SSSR count). The third kappa shape index (κ3) is 2.53. The molecule has 2 aromatic heterocycles. The smallest absolute Gasteiger partial charge is 0.165 e. The highest BCUT2D eigenvalue weighted by molar-refractivity contribution is 5.82. The topological polar surface area (TPSA) is 128 Å². The predicted octanol–water partition coefficient (Wildman–Crippen LogP) is -1.12. The van der Waals surface area contributed by atoms with Gasteiger partial charge in [0.15, 0.2) is 11.5 Å². The fourth-order valence-electron chi connectivity index (χ4n) is 3.73. The lowest BCUT2D eigenvalue weighted by Crippen LogP contribution is -2.30. The average molecular weight is 334 g/mol. The first-order valence-electron chi connectivity index (χ1n) is 8.31. The van der Waals surface area contributed by atoms with Crippen LogP contribution in [-0.2, 0) is 0 Å². The third-order valence-corrected chi connectivity index (χ3v) is 5.12. The number of hydrogen-bond donors (Lipinski definition) is 5. The number of aromatic nitrogens is 4. The molecule has 1 saturated heterocycles. The standard InChI is InChI=1S/C15H22N6O3/c22-5-8-3-10(13(24)12(8)23)21-7-19-11-14(17-6-18-15(11)21)20-9-1-2-16-4-9/h6-10,12-13,16,22-24H,1-5H2,(H,17,18,20)/t8-,9+,10?,12-,13+/m1/s1. The van der Waals surface area contributed by atoms with Crippen LogP contribution < -0.4 is 10.6 Å². The summed E-state index contributed by atoms with van der Waals surface area (Å²) in [6.45, 7) is 1.71. The lowest BCUT2D eigenvalue weighted by atomic mass is 10.1. The number of nitrogens with zero attached hydrogens (tertiary/aromatic N) is 4. The van der Waals surface area contributed by atoms with Crippen LogP contribution in [0.4, 0.5) is 5.82 Å². The number of fused-ring (bicyclic) bond motifs is 1. The van der Waals surface area contributed by atoms with Crippen molar-refractivity contribution in [1.82, 2.24) is 24.8 Å². The van der Waals surface area contributed by atoms with Crippen molar-refractivity contribution in [2.45, 2.75) is 37.1 Å². The second-order valence-corrected chi connectivity index (χ2v) is 6.61. The molecular weight excluding hydrogens is 312 g/mol. The van der Waals surface area contributed by atoms with E-state index >= 15 is 0 Å². The molecule has 3 heterocycles. The Morgan fingerprint density at radius 2 is 2.12 bits per heavy atom. The Morgan fingerprint density at radius 3 is 2.83 bits per heavy atom. The van der Waals surface area contributed by atoms with Crippen LogP contribution in [0.5, 0.6) is 0 Å². The summed E-state index contributed by atoms with van der Waals surface area (Å²) >= 11 is 0. The summed E-state index contributed by atoms with van der Waals surface area (Å²) in [6, 6.07) is -0.0519. The van der Waals surface area contributed by atoms with Gasteiger partial charge in [0.05, 0.1) is 18.5 Å².